The fourth-order valence-electron chi connectivity index (χ4n) is 7.76. The van der Waals surface area contributed by atoms with Crippen LogP contribution >= 0.6 is 0 Å². The lowest BCUT2D eigenvalue weighted by Gasteiger charge is -2.56. The molecule has 0 aromatic carbocycles. The van der Waals surface area contributed by atoms with E-state index in [4.69, 9.17) is 0 Å². The minimum absolute atomic E-state index is 0.304. The molecule has 142 valence electrons. The second kappa shape index (κ2) is 6.27. The smallest absolute Gasteiger partial charge is 0.303 e. The van der Waals surface area contributed by atoms with E-state index < -0.39 is 12.1 Å². The molecule has 8 unspecified atom stereocenters. The second-order valence-electron chi connectivity index (χ2n) is 9.71. The second-order valence-corrected chi connectivity index (χ2v) is 9.71. The summed E-state index contributed by atoms with van der Waals surface area (Å²) in [6.07, 6.45) is 6.23. The monoisotopic (exact) mass is 356 g/mol. The van der Waals surface area contributed by atoms with Gasteiger partial charge in [-0.1, -0.05) is 6.92 Å². The number of carbonyl (C=O) groups excluding carboxylic acids is 1. The minimum atomic E-state index is -4.00. The topological polar surface area (TPSA) is 17.1 Å². The van der Waals surface area contributed by atoms with Crippen molar-refractivity contribution in [2.24, 2.45) is 46.8 Å². The maximum absolute atomic E-state index is 13.1. The summed E-state index contributed by atoms with van der Waals surface area (Å²) in [5.74, 6) is 2.39. The number of halogens is 3. The summed E-state index contributed by atoms with van der Waals surface area (Å²) < 4.78 is 39.4. The van der Waals surface area contributed by atoms with Gasteiger partial charge in [0.15, 0.2) is 0 Å². The number of alkyl halides is 3. The number of aldehydes is 1. The van der Waals surface area contributed by atoms with Gasteiger partial charge in [-0.3, -0.25) is 0 Å². The fraction of sp³-hybridized carbons (Fsp3) is 0.952. The molecule has 0 N–H and O–H groups in total. The summed E-state index contributed by atoms with van der Waals surface area (Å²) in [5.41, 5.74) is 0.304. The quantitative estimate of drug-likeness (QED) is 0.553. The molecule has 4 aliphatic rings. The summed E-state index contributed by atoms with van der Waals surface area (Å²) >= 11 is 0. The predicted octanol–water partition coefficient (Wildman–Crippen LogP) is 6.02. The molecular formula is C21H31F3O. The average Bonchev–Trinajstić information content (AvgIpc) is 2.90. The molecule has 0 aliphatic heterocycles. The third-order valence-corrected chi connectivity index (χ3v) is 8.99. The number of fused-ring (bicyclic) bond motifs is 5. The molecule has 4 saturated carbocycles. The molecule has 8 atom stereocenters. The van der Waals surface area contributed by atoms with Gasteiger partial charge in [-0.25, -0.2) is 0 Å². The number of rotatable bonds is 2. The zero-order valence-electron chi connectivity index (χ0n) is 15.2. The Kier molecular flexibility index (Phi) is 4.47. The molecule has 4 aliphatic carbocycles. The summed E-state index contributed by atoms with van der Waals surface area (Å²) in [7, 11) is 0. The molecule has 0 spiro atoms. The van der Waals surface area contributed by atoms with Crippen molar-refractivity contribution in [1.29, 1.82) is 0 Å². The van der Waals surface area contributed by atoms with Gasteiger partial charge in [0.25, 0.3) is 0 Å². The van der Waals surface area contributed by atoms with E-state index in [-0.39, 0.29) is 0 Å². The maximum atomic E-state index is 13.1. The molecule has 0 saturated heterocycles. The Morgan fingerprint density at radius 3 is 2.44 bits per heavy atom. The Bertz CT molecular complexity index is 516. The predicted molar refractivity (Wildman–Crippen MR) is 90.8 cm³/mol. The summed E-state index contributed by atoms with van der Waals surface area (Å²) in [5, 5.41) is 0. The zero-order valence-corrected chi connectivity index (χ0v) is 15.2. The van der Waals surface area contributed by atoms with Gasteiger partial charge in [0.1, 0.15) is 6.29 Å². The molecule has 0 aromatic heterocycles. The molecule has 0 heterocycles. The van der Waals surface area contributed by atoms with E-state index in [0.717, 1.165) is 25.5 Å². The van der Waals surface area contributed by atoms with Gasteiger partial charge >= 0.3 is 6.18 Å². The number of hydrogen-bond donors (Lipinski definition) is 0. The zero-order chi connectivity index (χ0) is 17.8. The number of carbonyl (C=O) groups is 1. The van der Waals surface area contributed by atoms with Crippen LogP contribution < -0.4 is 0 Å². The first kappa shape index (κ1) is 17.9. The van der Waals surface area contributed by atoms with Gasteiger partial charge in [0, 0.05) is 6.42 Å². The Labute approximate surface area is 149 Å². The third-order valence-electron chi connectivity index (χ3n) is 8.99. The van der Waals surface area contributed by atoms with Crippen molar-refractivity contribution < 1.29 is 18.0 Å². The highest BCUT2D eigenvalue weighted by molar-refractivity contribution is 5.50. The van der Waals surface area contributed by atoms with Crippen molar-refractivity contribution in [1.82, 2.24) is 0 Å². The molecule has 25 heavy (non-hydrogen) atoms. The van der Waals surface area contributed by atoms with Crippen LogP contribution in [0.15, 0.2) is 0 Å². The van der Waals surface area contributed by atoms with Crippen LogP contribution in [-0.4, -0.2) is 12.5 Å². The summed E-state index contributed by atoms with van der Waals surface area (Å²) in [6.45, 7) is 2.40. The lowest BCUT2D eigenvalue weighted by atomic mass is 9.49. The minimum Gasteiger partial charge on any atom is -0.303 e. The van der Waals surface area contributed by atoms with Gasteiger partial charge < -0.3 is 4.79 Å². The van der Waals surface area contributed by atoms with Crippen molar-refractivity contribution in [2.75, 3.05) is 0 Å². The van der Waals surface area contributed by atoms with Crippen molar-refractivity contribution in [3.63, 3.8) is 0 Å². The van der Waals surface area contributed by atoms with Crippen LogP contribution in [0.4, 0.5) is 13.2 Å². The molecule has 4 heteroatoms. The first-order valence-electron chi connectivity index (χ1n) is 10.3. The van der Waals surface area contributed by atoms with Gasteiger partial charge in [-0.2, -0.15) is 13.2 Å². The van der Waals surface area contributed by atoms with E-state index in [1.165, 1.54) is 25.7 Å². The molecule has 1 nitrogen and oxygen atoms in total. The largest absolute Gasteiger partial charge is 0.391 e. The number of hydrogen-bond acceptors (Lipinski definition) is 1. The Morgan fingerprint density at radius 2 is 1.72 bits per heavy atom. The van der Waals surface area contributed by atoms with E-state index in [2.05, 4.69) is 6.92 Å². The molecule has 4 fully saturated rings. The van der Waals surface area contributed by atoms with Crippen LogP contribution in [0, 0.1) is 46.8 Å². The van der Waals surface area contributed by atoms with Crippen molar-refractivity contribution in [3.8, 4) is 0 Å². The van der Waals surface area contributed by atoms with Crippen LogP contribution in [0.1, 0.15) is 71.1 Å². The van der Waals surface area contributed by atoms with E-state index in [0.29, 0.717) is 60.2 Å². The van der Waals surface area contributed by atoms with Crippen LogP contribution in [0.3, 0.4) is 0 Å². The molecule has 0 bridgehead atoms. The fourth-order valence-corrected chi connectivity index (χ4v) is 7.76. The van der Waals surface area contributed by atoms with E-state index in [1.54, 1.807) is 0 Å². The van der Waals surface area contributed by atoms with Crippen LogP contribution in [0.5, 0.6) is 0 Å². The maximum Gasteiger partial charge on any atom is 0.391 e. The Balaban J connectivity index is 1.49. The van der Waals surface area contributed by atoms with Crippen LogP contribution in [0.2, 0.25) is 0 Å². The van der Waals surface area contributed by atoms with Crippen molar-refractivity contribution in [3.05, 3.63) is 0 Å². The van der Waals surface area contributed by atoms with Gasteiger partial charge in [0.2, 0.25) is 0 Å². The normalized spacial score (nSPS) is 49.8. The molecule has 0 radical (unpaired) electrons. The molecule has 0 amide bonds. The lowest BCUT2D eigenvalue weighted by Crippen LogP contribution is -2.49. The first-order valence-corrected chi connectivity index (χ1v) is 10.3. The molecule has 4 rings (SSSR count). The summed E-state index contributed by atoms with van der Waals surface area (Å²) in [6, 6.07) is 0. The standard InChI is InChI=1S/C21H31F3O/c1-20-10-8-17-16-6-3-15(21(22,23)24)12-13(16)2-5-18(17)19(20)7-4-14(20)9-11-25/h11,13-19H,2-10,12H2,1H3. The highest BCUT2D eigenvalue weighted by Crippen LogP contribution is 2.65. The van der Waals surface area contributed by atoms with E-state index >= 15 is 0 Å². The van der Waals surface area contributed by atoms with Gasteiger partial charge in [0.05, 0.1) is 5.92 Å². The van der Waals surface area contributed by atoms with Crippen molar-refractivity contribution in [2.45, 2.75) is 77.3 Å². The Morgan fingerprint density at radius 1 is 0.960 bits per heavy atom. The lowest BCUT2D eigenvalue weighted by molar-refractivity contribution is -0.196. The van der Waals surface area contributed by atoms with Crippen molar-refractivity contribution >= 4 is 6.29 Å². The molecule has 0 aromatic rings. The molecular weight excluding hydrogens is 325 g/mol. The highest BCUT2D eigenvalue weighted by atomic mass is 19.4. The first-order chi connectivity index (χ1) is 11.8. The SMILES string of the molecule is CC12CCC3C4CCC(C(F)(F)F)CC4CCC3C1CCC2CC=O. The average molecular weight is 356 g/mol. The van der Waals surface area contributed by atoms with E-state index in [9.17, 15) is 18.0 Å². The van der Waals surface area contributed by atoms with Gasteiger partial charge in [-0.15, -0.1) is 0 Å². The Hall–Kier alpha value is -0.540. The van der Waals surface area contributed by atoms with Crippen LogP contribution in [0.25, 0.3) is 0 Å². The third kappa shape index (κ3) is 2.86. The van der Waals surface area contributed by atoms with E-state index in [1.807, 2.05) is 0 Å². The highest BCUT2D eigenvalue weighted by Gasteiger charge is 2.57. The van der Waals surface area contributed by atoms with Crippen LogP contribution in [-0.2, 0) is 4.79 Å². The summed E-state index contributed by atoms with van der Waals surface area (Å²) in [4.78, 5) is 11.1. The van der Waals surface area contributed by atoms with Gasteiger partial charge in [-0.05, 0) is 98.7 Å².